The highest BCUT2D eigenvalue weighted by atomic mass is 16.7. The molecule has 0 aliphatic carbocycles. The SMILES string of the molecule is O=C1CO[C@H]2OCCC[C@@H]12. The van der Waals surface area contributed by atoms with Crippen LogP contribution in [0.4, 0.5) is 0 Å². The number of fused-ring (bicyclic) bond motifs is 1. The van der Waals surface area contributed by atoms with Crippen molar-refractivity contribution in [2.75, 3.05) is 13.2 Å². The van der Waals surface area contributed by atoms with Gasteiger partial charge in [0.05, 0.1) is 5.92 Å². The summed E-state index contributed by atoms with van der Waals surface area (Å²) in [7, 11) is 0. The fraction of sp³-hybridized carbons (Fsp3) is 0.857. The van der Waals surface area contributed by atoms with Gasteiger partial charge in [-0.2, -0.15) is 0 Å². The summed E-state index contributed by atoms with van der Waals surface area (Å²) in [5.74, 6) is 0.262. The molecule has 2 saturated heterocycles. The van der Waals surface area contributed by atoms with Gasteiger partial charge in [0.2, 0.25) is 0 Å². The number of ketones is 1. The summed E-state index contributed by atoms with van der Waals surface area (Å²) < 4.78 is 10.3. The van der Waals surface area contributed by atoms with Crippen molar-refractivity contribution in [3.05, 3.63) is 0 Å². The Morgan fingerprint density at radius 1 is 1.40 bits per heavy atom. The second-order valence-electron chi connectivity index (χ2n) is 2.77. The first-order valence-electron chi connectivity index (χ1n) is 3.64. The lowest BCUT2D eigenvalue weighted by Crippen LogP contribution is -2.28. The van der Waals surface area contributed by atoms with Crippen LogP contribution in [0.25, 0.3) is 0 Å². The lowest BCUT2D eigenvalue weighted by molar-refractivity contribution is -0.152. The maximum absolute atomic E-state index is 11.0. The zero-order valence-corrected chi connectivity index (χ0v) is 5.71. The van der Waals surface area contributed by atoms with Crippen molar-refractivity contribution in [3.63, 3.8) is 0 Å². The monoisotopic (exact) mass is 142 g/mol. The normalized spacial score (nSPS) is 39.8. The van der Waals surface area contributed by atoms with E-state index >= 15 is 0 Å². The van der Waals surface area contributed by atoms with Gasteiger partial charge in [0, 0.05) is 6.61 Å². The van der Waals surface area contributed by atoms with Gasteiger partial charge in [-0.25, -0.2) is 0 Å². The Hall–Kier alpha value is -0.410. The van der Waals surface area contributed by atoms with Crippen molar-refractivity contribution in [1.29, 1.82) is 0 Å². The number of ether oxygens (including phenoxy) is 2. The van der Waals surface area contributed by atoms with Crippen LogP contribution >= 0.6 is 0 Å². The van der Waals surface area contributed by atoms with Crippen LogP contribution < -0.4 is 0 Å². The average Bonchev–Trinajstić information content (AvgIpc) is 2.34. The predicted molar refractivity (Wildman–Crippen MR) is 33.4 cm³/mol. The van der Waals surface area contributed by atoms with Gasteiger partial charge in [0.25, 0.3) is 0 Å². The quantitative estimate of drug-likeness (QED) is 0.489. The summed E-state index contributed by atoms with van der Waals surface area (Å²) >= 11 is 0. The molecule has 0 N–H and O–H groups in total. The number of hydrogen-bond acceptors (Lipinski definition) is 3. The molecule has 3 nitrogen and oxygen atoms in total. The maximum atomic E-state index is 11.0. The second kappa shape index (κ2) is 2.32. The molecule has 10 heavy (non-hydrogen) atoms. The van der Waals surface area contributed by atoms with E-state index in [4.69, 9.17) is 9.47 Å². The highest BCUT2D eigenvalue weighted by molar-refractivity contribution is 5.84. The van der Waals surface area contributed by atoms with E-state index in [9.17, 15) is 4.79 Å². The molecule has 2 fully saturated rings. The van der Waals surface area contributed by atoms with E-state index < -0.39 is 0 Å². The number of rotatable bonds is 0. The van der Waals surface area contributed by atoms with Crippen LogP contribution in [-0.4, -0.2) is 25.3 Å². The highest BCUT2D eigenvalue weighted by Crippen LogP contribution is 2.27. The fourth-order valence-corrected chi connectivity index (χ4v) is 1.50. The number of hydrogen-bond donors (Lipinski definition) is 0. The third-order valence-electron chi connectivity index (χ3n) is 2.07. The number of carbonyl (C=O) groups excluding carboxylic acids is 1. The van der Waals surface area contributed by atoms with Gasteiger partial charge in [-0.15, -0.1) is 0 Å². The minimum atomic E-state index is -0.207. The van der Waals surface area contributed by atoms with Gasteiger partial charge in [-0.3, -0.25) is 4.79 Å². The van der Waals surface area contributed by atoms with Gasteiger partial charge in [0.15, 0.2) is 12.1 Å². The van der Waals surface area contributed by atoms with E-state index in [1.807, 2.05) is 0 Å². The number of Topliss-reactive ketones (excluding diaryl/α,β-unsaturated/α-hetero) is 1. The van der Waals surface area contributed by atoms with Crippen LogP contribution in [0.5, 0.6) is 0 Å². The Labute approximate surface area is 59.3 Å². The zero-order chi connectivity index (χ0) is 6.97. The van der Waals surface area contributed by atoms with E-state index in [-0.39, 0.29) is 24.6 Å². The standard InChI is InChI=1S/C7H10O3/c8-6-4-10-7-5(6)2-1-3-9-7/h5,7H,1-4H2/t5-,7+/m0/s1. The summed E-state index contributed by atoms with van der Waals surface area (Å²) in [6, 6.07) is 0. The van der Waals surface area contributed by atoms with Crippen LogP contribution in [0.2, 0.25) is 0 Å². The molecule has 2 aliphatic rings. The maximum Gasteiger partial charge on any atom is 0.167 e. The first-order valence-corrected chi connectivity index (χ1v) is 3.64. The molecule has 0 spiro atoms. The van der Waals surface area contributed by atoms with E-state index in [0.29, 0.717) is 0 Å². The molecule has 0 unspecified atom stereocenters. The largest absolute Gasteiger partial charge is 0.352 e. The van der Waals surface area contributed by atoms with E-state index in [1.165, 1.54) is 0 Å². The van der Waals surface area contributed by atoms with Crippen LogP contribution in [0, 0.1) is 5.92 Å². The molecule has 0 bridgehead atoms. The van der Waals surface area contributed by atoms with Crippen molar-refractivity contribution in [2.24, 2.45) is 5.92 Å². The summed E-state index contributed by atoms with van der Waals surface area (Å²) in [5.41, 5.74) is 0. The third-order valence-corrected chi connectivity index (χ3v) is 2.07. The Bertz CT molecular complexity index is 155. The van der Waals surface area contributed by atoms with Gasteiger partial charge < -0.3 is 9.47 Å². The molecule has 0 radical (unpaired) electrons. The molecule has 56 valence electrons. The summed E-state index contributed by atoms with van der Waals surface area (Å²) in [6.07, 6.45) is 1.74. The molecular formula is C7H10O3. The first kappa shape index (κ1) is 6.31. The summed E-state index contributed by atoms with van der Waals surface area (Å²) in [6.45, 7) is 1.00. The molecule has 0 aromatic heterocycles. The van der Waals surface area contributed by atoms with E-state index in [0.717, 1.165) is 19.4 Å². The van der Waals surface area contributed by atoms with Crippen molar-refractivity contribution in [1.82, 2.24) is 0 Å². The number of carbonyl (C=O) groups is 1. The molecule has 2 atom stereocenters. The Balaban J connectivity index is 2.08. The molecule has 0 aromatic carbocycles. The first-order chi connectivity index (χ1) is 4.88. The Morgan fingerprint density at radius 3 is 3.10 bits per heavy atom. The Kier molecular flexibility index (Phi) is 1.47. The highest BCUT2D eigenvalue weighted by Gasteiger charge is 2.38. The molecule has 0 amide bonds. The van der Waals surface area contributed by atoms with Crippen LogP contribution in [0.3, 0.4) is 0 Å². The summed E-state index contributed by atoms with van der Waals surface area (Å²) in [4.78, 5) is 11.0. The molecule has 2 heterocycles. The van der Waals surface area contributed by atoms with Crippen LogP contribution in [-0.2, 0) is 14.3 Å². The Morgan fingerprint density at radius 2 is 2.30 bits per heavy atom. The molecule has 0 aromatic rings. The molecular weight excluding hydrogens is 132 g/mol. The average molecular weight is 142 g/mol. The topological polar surface area (TPSA) is 35.5 Å². The van der Waals surface area contributed by atoms with E-state index in [1.54, 1.807) is 0 Å². The van der Waals surface area contributed by atoms with Gasteiger partial charge in [0.1, 0.15) is 6.61 Å². The smallest absolute Gasteiger partial charge is 0.167 e. The van der Waals surface area contributed by atoms with Gasteiger partial charge in [-0.1, -0.05) is 0 Å². The predicted octanol–water partition coefficient (Wildman–Crippen LogP) is 0.338. The minimum absolute atomic E-state index is 0.0498. The molecule has 3 heteroatoms. The van der Waals surface area contributed by atoms with E-state index in [2.05, 4.69) is 0 Å². The van der Waals surface area contributed by atoms with Crippen molar-refractivity contribution >= 4 is 5.78 Å². The lowest BCUT2D eigenvalue weighted by atomic mass is 9.98. The minimum Gasteiger partial charge on any atom is -0.352 e. The van der Waals surface area contributed by atoms with Crippen molar-refractivity contribution in [2.45, 2.75) is 19.1 Å². The van der Waals surface area contributed by atoms with Crippen molar-refractivity contribution < 1.29 is 14.3 Å². The zero-order valence-electron chi connectivity index (χ0n) is 5.71. The molecule has 0 saturated carbocycles. The van der Waals surface area contributed by atoms with Crippen LogP contribution in [0.15, 0.2) is 0 Å². The van der Waals surface area contributed by atoms with Gasteiger partial charge in [-0.05, 0) is 12.8 Å². The van der Waals surface area contributed by atoms with Gasteiger partial charge >= 0.3 is 0 Å². The second-order valence-corrected chi connectivity index (χ2v) is 2.77. The van der Waals surface area contributed by atoms with Crippen LogP contribution in [0.1, 0.15) is 12.8 Å². The lowest BCUT2D eigenvalue weighted by Gasteiger charge is -2.22. The third kappa shape index (κ3) is 0.859. The fourth-order valence-electron chi connectivity index (χ4n) is 1.50. The van der Waals surface area contributed by atoms with Crippen molar-refractivity contribution in [3.8, 4) is 0 Å². The molecule has 2 aliphatic heterocycles. The summed E-state index contributed by atoms with van der Waals surface area (Å²) in [5, 5.41) is 0. The molecule has 2 rings (SSSR count).